The number of hydrogen-bond acceptors (Lipinski definition) is 3. The van der Waals surface area contributed by atoms with E-state index in [1.165, 1.54) is 12.8 Å². The third-order valence-electron chi connectivity index (χ3n) is 2.70. The fourth-order valence-corrected chi connectivity index (χ4v) is 1.76. The predicted octanol–water partition coefficient (Wildman–Crippen LogP) is 1.85. The van der Waals surface area contributed by atoms with Crippen LogP contribution >= 0.6 is 0 Å². The molecule has 0 fully saturated rings. The minimum atomic E-state index is 0.561. The molecule has 0 heterocycles. The summed E-state index contributed by atoms with van der Waals surface area (Å²) in [5.41, 5.74) is 0. The molecule has 0 aliphatic heterocycles. The van der Waals surface area contributed by atoms with Gasteiger partial charge < -0.3 is 16.0 Å². The van der Waals surface area contributed by atoms with Crippen molar-refractivity contribution in [3.8, 4) is 0 Å². The van der Waals surface area contributed by atoms with E-state index >= 15 is 0 Å². The summed E-state index contributed by atoms with van der Waals surface area (Å²) < 4.78 is 0. The van der Waals surface area contributed by atoms with Crippen molar-refractivity contribution in [2.24, 2.45) is 0 Å². The van der Waals surface area contributed by atoms with Gasteiger partial charge in [0.2, 0.25) is 0 Å². The molecule has 18 heavy (non-hydrogen) atoms. The van der Waals surface area contributed by atoms with Crippen molar-refractivity contribution >= 4 is 0 Å². The van der Waals surface area contributed by atoms with Crippen LogP contribution in [0, 0.1) is 0 Å². The Labute approximate surface area is 112 Å². The highest BCUT2D eigenvalue weighted by atomic mass is 14.9. The Hall–Kier alpha value is -0.900. The van der Waals surface area contributed by atoms with E-state index in [9.17, 15) is 0 Å². The van der Waals surface area contributed by atoms with Crippen LogP contribution in [-0.2, 0) is 0 Å². The van der Waals surface area contributed by atoms with Crippen LogP contribution in [0.2, 0.25) is 0 Å². The van der Waals surface area contributed by atoms with Gasteiger partial charge in [-0.2, -0.15) is 0 Å². The molecule has 0 aromatic rings. The first-order chi connectivity index (χ1) is 8.85. The van der Waals surface area contributed by atoms with Crippen molar-refractivity contribution < 1.29 is 0 Å². The fraction of sp³-hybridized carbons (Fsp3) is 0.600. The molecular weight excluding hydrogens is 222 g/mol. The van der Waals surface area contributed by atoms with Crippen LogP contribution in [0.15, 0.2) is 38.0 Å². The third-order valence-corrected chi connectivity index (χ3v) is 2.70. The van der Waals surface area contributed by atoms with E-state index in [1.54, 1.807) is 0 Å². The molecule has 0 rings (SSSR count). The van der Waals surface area contributed by atoms with Crippen molar-refractivity contribution in [2.75, 3.05) is 32.7 Å². The molecule has 0 amide bonds. The van der Waals surface area contributed by atoms with E-state index < -0.39 is 0 Å². The highest BCUT2D eigenvalue weighted by molar-refractivity contribution is 4.77. The Bertz CT molecular complexity index is 214. The van der Waals surface area contributed by atoms with Gasteiger partial charge in [0.15, 0.2) is 0 Å². The maximum Gasteiger partial charge on any atom is 0.0134 e. The zero-order valence-electron chi connectivity index (χ0n) is 11.6. The molecular formula is C15H29N3. The minimum Gasteiger partial charge on any atom is -0.313 e. The fourth-order valence-electron chi connectivity index (χ4n) is 1.76. The van der Waals surface area contributed by atoms with Crippen LogP contribution in [0.5, 0.6) is 0 Å². The van der Waals surface area contributed by atoms with Crippen LogP contribution < -0.4 is 16.0 Å². The number of rotatable bonds is 14. The van der Waals surface area contributed by atoms with Gasteiger partial charge in [-0.3, -0.25) is 0 Å². The SMILES string of the molecule is C=CCNCCCC(CCNCC=C)NCC=C. The van der Waals surface area contributed by atoms with Crippen molar-refractivity contribution in [2.45, 2.75) is 25.3 Å². The maximum atomic E-state index is 3.75. The van der Waals surface area contributed by atoms with E-state index in [4.69, 9.17) is 0 Å². The second-order valence-corrected chi connectivity index (χ2v) is 4.31. The van der Waals surface area contributed by atoms with Crippen LogP contribution in [0.1, 0.15) is 19.3 Å². The second-order valence-electron chi connectivity index (χ2n) is 4.31. The normalized spacial score (nSPS) is 12.0. The summed E-state index contributed by atoms with van der Waals surface area (Å²) in [6.45, 7) is 15.9. The molecule has 0 saturated heterocycles. The molecule has 1 atom stereocenters. The van der Waals surface area contributed by atoms with E-state index in [1.807, 2.05) is 18.2 Å². The highest BCUT2D eigenvalue weighted by Gasteiger charge is 2.06. The lowest BCUT2D eigenvalue weighted by Gasteiger charge is -2.18. The first-order valence-electron chi connectivity index (χ1n) is 6.82. The summed E-state index contributed by atoms with van der Waals surface area (Å²) in [5, 5.41) is 10.2. The molecule has 0 bridgehead atoms. The average Bonchev–Trinajstić information content (AvgIpc) is 2.39. The molecule has 0 saturated carbocycles. The Morgan fingerprint density at radius 1 is 0.778 bits per heavy atom. The molecule has 0 aliphatic carbocycles. The summed E-state index contributed by atoms with van der Waals surface area (Å²) >= 11 is 0. The Morgan fingerprint density at radius 2 is 1.39 bits per heavy atom. The lowest BCUT2D eigenvalue weighted by atomic mass is 10.1. The van der Waals surface area contributed by atoms with Gasteiger partial charge >= 0.3 is 0 Å². The number of hydrogen-bond donors (Lipinski definition) is 3. The molecule has 0 aromatic carbocycles. The molecule has 0 radical (unpaired) electrons. The van der Waals surface area contributed by atoms with Gasteiger partial charge in [-0.15, -0.1) is 19.7 Å². The predicted molar refractivity (Wildman–Crippen MR) is 82.0 cm³/mol. The first-order valence-corrected chi connectivity index (χ1v) is 6.82. The van der Waals surface area contributed by atoms with E-state index in [0.717, 1.165) is 39.1 Å². The second kappa shape index (κ2) is 14.2. The smallest absolute Gasteiger partial charge is 0.0134 e. The monoisotopic (exact) mass is 251 g/mol. The summed E-state index contributed by atoms with van der Waals surface area (Å²) in [4.78, 5) is 0. The molecule has 0 aromatic heterocycles. The molecule has 3 nitrogen and oxygen atoms in total. The Morgan fingerprint density at radius 3 is 2.00 bits per heavy atom. The third kappa shape index (κ3) is 11.6. The van der Waals surface area contributed by atoms with Crippen molar-refractivity contribution in [3.05, 3.63) is 38.0 Å². The van der Waals surface area contributed by atoms with Gasteiger partial charge in [-0.1, -0.05) is 18.2 Å². The van der Waals surface area contributed by atoms with Crippen molar-refractivity contribution in [3.63, 3.8) is 0 Å². The van der Waals surface area contributed by atoms with E-state index in [-0.39, 0.29) is 0 Å². The quantitative estimate of drug-likeness (QED) is 0.326. The molecule has 1 unspecified atom stereocenters. The summed E-state index contributed by atoms with van der Waals surface area (Å²) in [7, 11) is 0. The highest BCUT2D eigenvalue weighted by Crippen LogP contribution is 2.01. The van der Waals surface area contributed by atoms with Gasteiger partial charge in [0, 0.05) is 25.7 Å². The maximum absolute atomic E-state index is 3.75. The van der Waals surface area contributed by atoms with Gasteiger partial charge in [-0.05, 0) is 32.4 Å². The average molecular weight is 251 g/mol. The van der Waals surface area contributed by atoms with E-state index in [2.05, 4.69) is 35.7 Å². The van der Waals surface area contributed by atoms with Gasteiger partial charge in [-0.25, -0.2) is 0 Å². The molecule has 3 N–H and O–H groups in total. The summed E-state index contributed by atoms with van der Waals surface area (Å²) in [6, 6.07) is 0.561. The molecule has 0 aliphatic rings. The van der Waals surface area contributed by atoms with Crippen molar-refractivity contribution in [1.82, 2.24) is 16.0 Å². The summed E-state index contributed by atoms with van der Waals surface area (Å²) in [5.74, 6) is 0. The minimum absolute atomic E-state index is 0.561. The van der Waals surface area contributed by atoms with Crippen LogP contribution in [-0.4, -0.2) is 38.8 Å². The zero-order chi connectivity index (χ0) is 13.5. The lowest BCUT2D eigenvalue weighted by Crippen LogP contribution is -2.33. The Kier molecular flexibility index (Phi) is 13.5. The van der Waals surface area contributed by atoms with Gasteiger partial charge in [0.25, 0.3) is 0 Å². The largest absolute Gasteiger partial charge is 0.313 e. The first kappa shape index (κ1) is 17.1. The lowest BCUT2D eigenvalue weighted by molar-refractivity contribution is 0.445. The van der Waals surface area contributed by atoms with Crippen LogP contribution in [0.3, 0.4) is 0 Å². The zero-order valence-corrected chi connectivity index (χ0v) is 11.6. The molecule has 0 spiro atoms. The standard InChI is InChI=1S/C15H29N3/c1-4-10-16-13-7-8-15(18-12-6-3)9-14-17-11-5-2/h4-6,15-18H,1-3,7-14H2. The number of nitrogens with one attached hydrogen (secondary N) is 3. The molecule has 104 valence electrons. The van der Waals surface area contributed by atoms with Crippen LogP contribution in [0.25, 0.3) is 0 Å². The molecule has 3 heteroatoms. The topological polar surface area (TPSA) is 36.1 Å². The summed E-state index contributed by atoms with van der Waals surface area (Å²) in [6.07, 6.45) is 9.22. The van der Waals surface area contributed by atoms with Crippen molar-refractivity contribution in [1.29, 1.82) is 0 Å². The van der Waals surface area contributed by atoms with Gasteiger partial charge in [0.05, 0.1) is 0 Å². The van der Waals surface area contributed by atoms with E-state index in [0.29, 0.717) is 6.04 Å². The van der Waals surface area contributed by atoms with Gasteiger partial charge in [0.1, 0.15) is 0 Å². The van der Waals surface area contributed by atoms with Crippen LogP contribution in [0.4, 0.5) is 0 Å². The Balaban J connectivity index is 3.65.